The number of benzene rings is 1. The third-order valence-electron chi connectivity index (χ3n) is 1.26. The van der Waals surface area contributed by atoms with E-state index < -0.39 is 0 Å². The molecule has 0 saturated heterocycles. The Morgan fingerprint density at radius 1 is 1.33 bits per heavy atom. The minimum atomic E-state index is 0. The molecule has 0 N–H and O–H groups in total. The summed E-state index contributed by atoms with van der Waals surface area (Å²) in [5.74, 6) is 0. The van der Waals surface area contributed by atoms with Crippen molar-refractivity contribution in [3.05, 3.63) is 34.3 Å². The first kappa shape index (κ1) is 11.7. The van der Waals surface area contributed by atoms with E-state index >= 15 is 0 Å². The molecular formula is C9H11BrClN. The lowest BCUT2D eigenvalue weighted by molar-refractivity contribution is -0.458. The van der Waals surface area contributed by atoms with Crippen LogP contribution in [-0.4, -0.2) is 24.9 Å². The number of hydrogen-bond donors (Lipinski definition) is 0. The Labute approximate surface area is 87.7 Å². The van der Waals surface area contributed by atoms with E-state index in [0.29, 0.717) is 0 Å². The molecule has 0 aromatic heterocycles. The van der Waals surface area contributed by atoms with E-state index in [0.717, 1.165) is 4.47 Å². The van der Waals surface area contributed by atoms with Crippen molar-refractivity contribution in [1.82, 2.24) is 0 Å². The third-order valence-corrected chi connectivity index (χ3v) is 1.75. The van der Waals surface area contributed by atoms with Crippen LogP contribution in [0, 0.1) is 0 Å². The van der Waals surface area contributed by atoms with Gasteiger partial charge in [0.2, 0.25) is 0 Å². The summed E-state index contributed by atoms with van der Waals surface area (Å²) >= 11 is 3.41. The first-order valence-electron chi connectivity index (χ1n) is 3.45. The van der Waals surface area contributed by atoms with Crippen LogP contribution in [-0.2, 0) is 0 Å². The SMILES string of the molecule is C[N+](C)=Cc1cccc(Br)c1.[Cl-]. The first-order chi connectivity index (χ1) is 5.18. The van der Waals surface area contributed by atoms with E-state index in [-0.39, 0.29) is 12.4 Å². The van der Waals surface area contributed by atoms with Gasteiger partial charge in [0.15, 0.2) is 6.21 Å². The van der Waals surface area contributed by atoms with Gasteiger partial charge in [-0.3, -0.25) is 0 Å². The van der Waals surface area contributed by atoms with Crippen LogP contribution < -0.4 is 12.4 Å². The Kier molecular flexibility index (Phi) is 5.18. The second-order valence-corrected chi connectivity index (χ2v) is 3.56. The van der Waals surface area contributed by atoms with Crippen molar-refractivity contribution >= 4 is 22.1 Å². The maximum atomic E-state index is 3.41. The number of halogens is 2. The predicted molar refractivity (Wildman–Crippen MR) is 51.4 cm³/mol. The zero-order chi connectivity index (χ0) is 8.27. The molecule has 3 heteroatoms. The molecule has 0 radical (unpaired) electrons. The molecule has 0 aliphatic carbocycles. The fourth-order valence-electron chi connectivity index (χ4n) is 0.885. The Hall–Kier alpha value is -0.340. The molecule has 0 amide bonds. The predicted octanol–water partition coefficient (Wildman–Crippen LogP) is -0.856. The minimum absolute atomic E-state index is 0. The average molecular weight is 249 g/mol. The van der Waals surface area contributed by atoms with Crippen LogP contribution in [0.2, 0.25) is 0 Å². The zero-order valence-corrected chi connectivity index (χ0v) is 9.43. The van der Waals surface area contributed by atoms with Crippen molar-refractivity contribution in [2.45, 2.75) is 0 Å². The normalized spacial score (nSPS) is 8.58. The van der Waals surface area contributed by atoms with Gasteiger partial charge in [0, 0.05) is 10.0 Å². The summed E-state index contributed by atoms with van der Waals surface area (Å²) in [5, 5.41) is 0. The summed E-state index contributed by atoms with van der Waals surface area (Å²) in [4.78, 5) is 0. The van der Waals surface area contributed by atoms with E-state index in [1.807, 2.05) is 30.8 Å². The largest absolute Gasteiger partial charge is 1.00 e. The lowest BCUT2D eigenvalue weighted by Crippen LogP contribution is -3.00. The first-order valence-corrected chi connectivity index (χ1v) is 4.24. The minimum Gasteiger partial charge on any atom is -1.00 e. The second-order valence-electron chi connectivity index (χ2n) is 2.65. The molecule has 66 valence electrons. The summed E-state index contributed by atoms with van der Waals surface area (Å²) in [6.45, 7) is 0. The molecule has 0 aliphatic rings. The van der Waals surface area contributed by atoms with Crippen molar-refractivity contribution in [1.29, 1.82) is 0 Å². The van der Waals surface area contributed by atoms with Gasteiger partial charge < -0.3 is 12.4 Å². The molecule has 0 saturated carbocycles. The van der Waals surface area contributed by atoms with Crippen LogP contribution in [0.5, 0.6) is 0 Å². The smallest absolute Gasteiger partial charge is 0.170 e. The van der Waals surface area contributed by atoms with Gasteiger partial charge in [0.05, 0.1) is 0 Å². The standard InChI is InChI=1S/C9H11BrN.ClH/c1-11(2)7-8-4-3-5-9(10)6-8;/h3-7H,1-2H3;1H/q+1;/p-1. The Bertz CT molecular complexity index is 280. The van der Waals surface area contributed by atoms with Gasteiger partial charge in [-0.2, -0.15) is 0 Å². The maximum absolute atomic E-state index is 3.41. The molecule has 0 spiro atoms. The van der Waals surface area contributed by atoms with E-state index in [9.17, 15) is 0 Å². The Balaban J connectivity index is 0.00000121. The molecule has 0 heterocycles. The molecule has 0 aliphatic heterocycles. The fourth-order valence-corrected chi connectivity index (χ4v) is 1.30. The number of hydrogen-bond acceptors (Lipinski definition) is 0. The second kappa shape index (κ2) is 5.33. The van der Waals surface area contributed by atoms with E-state index in [4.69, 9.17) is 0 Å². The summed E-state index contributed by atoms with van der Waals surface area (Å²) in [6.07, 6.45) is 2.07. The van der Waals surface area contributed by atoms with Crippen LogP contribution in [0.1, 0.15) is 5.56 Å². The molecule has 1 aromatic rings. The van der Waals surface area contributed by atoms with Gasteiger partial charge in [0.25, 0.3) is 0 Å². The van der Waals surface area contributed by atoms with Crippen LogP contribution >= 0.6 is 15.9 Å². The fraction of sp³-hybridized carbons (Fsp3) is 0.222. The van der Waals surface area contributed by atoms with Crippen molar-refractivity contribution < 1.29 is 17.0 Å². The van der Waals surface area contributed by atoms with Gasteiger partial charge in [-0.25, -0.2) is 4.58 Å². The third kappa shape index (κ3) is 3.88. The van der Waals surface area contributed by atoms with Gasteiger partial charge in [-0.1, -0.05) is 22.0 Å². The summed E-state index contributed by atoms with van der Waals surface area (Å²) < 4.78 is 3.15. The van der Waals surface area contributed by atoms with Crippen LogP contribution in [0.3, 0.4) is 0 Å². The number of rotatable bonds is 1. The summed E-state index contributed by atoms with van der Waals surface area (Å²) in [7, 11) is 4.03. The van der Waals surface area contributed by atoms with Crippen LogP contribution in [0.15, 0.2) is 28.7 Å². The lowest BCUT2D eigenvalue weighted by atomic mass is 10.2. The molecule has 0 bridgehead atoms. The molecule has 1 aromatic carbocycles. The molecule has 12 heavy (non-hydrogen) atoms. The highest BCUT2D eigenvalue weighted by molar-refractivity contribution is 9.10. The summed E-state index contributed by atoms with van der Waals surface area (Å²) in [5.41, 5.74) is 1.21. The maximum Gasteiger partial charge on any atom is 0.170 e. The van der Waals surface area contributed by atoms with Gasteiger partial charge in [-0.15, -0.1) is 0 Å². The molecule has 0 atom stereocenters. The molecular weight excluding hydrogens is 237 g/mol. The van der Waals surface area contributed by atoms with Crippen LogP contribution in [0.4, 0.5) is 0 Å². The highest BCUT2D eigenvalue weighted by atomic mass is 79.9. The van der Waals surface area contributed by atoms with Crippen molar-refractivity contribution in [3.63, 3.8) is 0 Å². The van der Waals surface area contributed by atoms with E-state index in [2.05, 4.69) is 34.3 Å². The Morgan fingerprint density at radius 2 is 2.00 bits per heavy atom. The highest BCUT2D eigenvalue weighted by Crippen LogP contribution is 2.09. The Morgan fingerprint density at radius 3 is 2.50 bits per heavy atom. The van der Waals surface area contributed by atoms with Crippen LogP contribution in [0.25, 0.3) is 0 Å². The lowest BCUT2D eigenvalue weighted by Gasteiger charge is -1.91. The van der Waals surface area contributed by atoms with Gasteiger partial charge in [-0.05, 0) is 18.2 Å². The molecule has 0 unspecified atom stereocenters. The highest BCUT2D eigenvalue weighted by Gasteiger charge is 1.92. The van der Waals surface area contributed by atoms with E-state index in [1.165, 1.54) is 5.56 Å². The van der Waals surface area contributed by atoms with Gasteiger partial charge >= 0.3 is 0 Å². The number of nitrogens with zero attached hydrogens (tertiary/aromatic N) is 1. The monoisotopic (exact) mass is 247 g/mol. The molecule has 0 fully saturated rings. The zero-order valence-electron chi connectivity index (χ0n) is 7.09. The molecule has 1 rings (SSSR count). The molecule has 1 nitrogen and oxygen atoms in total. The van der Waals surface area contributed by atoms with Crippen molar-refractivity contribution in [2.24, 2.45) is 0 Å². The summed E-state index contributed by atoms with van der Waals surface area (Å²) in [6, 6.07) is 8.21. The topological polar surface area (TPSA) is 3.01 Å². The quantitative estimate of drug-likeness (QED) is 0.450. The van der Waals surface area contributed by atoms with Gasteiger partial charge in [0.1, 0.15) is 14.1 Å². The van der Waals surface area contributed by atoms with E-state index in [1.54, 1.807) is 0 Å². The van der Waals surface area contributed by atoms with Crippen molar-refractivity contribution in [3.8, 4) is 0 Å². The van der Waals surface area contributed by atoms with Crippen molar-refractivity contribution in [2.75, 3.05) is 14.1 Å². The average Bonchev–Trinajstić information content (AvgIpc) is 1.85.